The van der Waals surface area contributed by atoms with Gasteiger partial charge in [-0.3, -0.25) is 0 Å². The summed E-state index contributed by atoms with van der Waals surface area (Å²) in [5.41, 5.74) is 3.14. The van der Waals surface area contributed by atoms with Crippen molar-refractivity contribution in [1.29, 1.82) is 0 Å². The molecule has 1 aliphatic rings. The Kier molecular flexibility index (Phi) is 7.29. The lowest BCUT2D eigenvalue weighted by Crippen LogP contribution is -2.32. The zero-order valence-electron chi connectivity index (χ0n) is 14.0. The average Bonchev–Trinajstić information content (AvgIpc) is 2.52. The van der Waals surface area contributed by atoms with Gasteiger partial charge in [-0.15, -0.1) is 0 Å². The quantitative estimate of drug-likeness (QED) is 0.579. The fraction of sp³-hybridized carbons (Fsp3) is 0.700. The summed E-state index contributed by atoms with van der Waals surface area (Å²) in [4.78, 5) is 0. The van der Waals surface area contributed by atoms with Crippen LogP contribution in [-0.2, 0) is 6.42 Å². The first kappa shape index (κ1) is 16.5. The molecule has 0 bridgehead atoms. The van der Waals surface area contributed by atoms with Crippen LogP contribution >= 0.6 is 0 Å². The van der Waals surface area contributed by atoms with Gasteiger partial charge in [0.25, 0.3) is 0 Å². The maximum atomic E-state index is 3.75. The molecule has 0 saturated heterocycles. The van der Waals surface area contributed by atoms with E-state index >= 15 is 0 Å². The van der Waals surface area contributed by atoms with Crippen LogP contribution in [0.15, 0.2) is 24.3 Å². The van der Waals surface area contributed by atoms with E-state index in [1.807, 2.05) is 0 Å². The number of fused-ring (bicyclic) bond motifs is 1. The smallest absolute Gasteiger partial charge is 0.0351 e. The summed E-state index contributed by atoms with van der Waals surface area (Å²) in [5.74, 6) is 0.839. The third kappa shape index (κ3) is 4.85. The molecule has 0 aliphatic heterocycles. The maximum absolute atomic E-state index is 3.75. The molecule has 0 saturated carbocycles. The first-order valence-electron chi connectivity index (χ1n) is 9.18. The van der Waals surface area contributed by atoms with Crippen LogP contribution in [0.2, 0.25) is 0 Å². The van der Waals surface area contributed by atoms with Gasteiger partial charge in [-0.05, 0) is 42.9 Å². The summed E-state index contributed by atoms with van der Waals surface area (Å²) in [6.45, 7) is 5.60. The molecule has 21 heavy (non-hydrogen) atoms. The predicted molar refractivity (Wildman–Crippen MR) is 92.7 cm³/mol. The van der Waals surface area contributed by atoms with Gasteiger partial charge in [-0.2, -0.15) is 0 Å². The van der Waals surface area contributed by atoms with Gasteiger partial charge in [0.2, 0.25) is 0 Å². The Morgan fingerprint density at radius 1 is 1.00 bits per heavy atom. The molecule has 1 aliphatic carbocycles. The van der Waals surface area contributed by atoms with Crippen molar-refractivity contribution in [2.75, 3.05) is 6.54 Å². The second kappa shape index (κ2) is 9.25. The monoisotopic (exact) mass is 287 g/mol. The van der Waals surface area contributed by atoms with Gasteiger partial charge >= 0.3 is 0 Å². The lowest BCUT2D eigenvalue weighted by atomic mass is 9.77. The van der Waals surface area contributed by atoms with E-state index in [2.05, 4.69) is 43.4 Å². The number of benzene rings is 1. The average molecular weight is 287 g/mol. The topological polar surface area (TPSA) is 12.0 Å². The SMILES string of the molecule is CCCCCCCCC1CCc2ccccc2C1NCC. The van der Waals surface area contributed by atoms with E-state index in [0.717, 1.165) is 12.5 Å². The fourth-order valence-electron chi connectivity index (χ4n) is 3.82. The summed E-state index contributed by atoms with van der Waals surface area (Å²) in [6, 6.07) is 9.65. The molecule has 0 amide bonds. The molecule has 0 heterocycles. The van der Waals surface area contributed by atoms with Crippen LogP contribution in [0.1, 0.15) is 82.4 Å². The van der Waals surface area contributed by atoms with E-state index in [0.29, 0.717) is 6.04 Å². The van der Waals surface area contributed by atoms with Gasteiger partial charge in [0.15, 0.2) is 0 Å². The van der Waals surface area contributed by atoms with Crippen molar-refractivity contribution in [2.45, 2.75) is 77.7 Å². The van der Waals surface area contributed by atoms with E-state index < -0.39 is 0 Å². The van der Waals surface area contributed by atoms with E-state index in [9.17, 15) is 0 Å². The van der Waals surface area contributed by atoms with Gasteiger partial charge in [0.1, 0.15) is 0 Å². The maximum Gasteiger partial charge on any atom is 0.0351 e. The van der Waals surface area contributed by atoms with Gasteiger partial charge in [0, 0.05) is 6.04 Å². The van der Waals surface area contributed by atoms with Crippen molar-refractivity contribution in [3.63, 3.8) is 0 Å². The molecule has 0 fully saturated rings. The zero-order chi connectivity index (χ0) is 14.9. The molecule has 1 nitrogen and oxygen atoms in total. The van der Waals surface area contributed by atoms with Crippen LogP contribution in [-0.4, -0.2) is 6.54 Å². The second-order valence-electron chi connectivity index (χ2n) is 6.59. The van der Waals surface area contributed by atoms with Crippen LogP contribution in [0.3, 0.4) is 0 Å². The third-order valence-corrected chi connectivity index (χ3v) is 5.00. The number of rotatable bonds is 9. The van der Waals surface area contributed by atoms with Gasteiger partial charge < -0.3 is 5.32 Å². The van der Waals surface area contributed by atoms with Crippen molar-refractivity contribution >= 4 is 0 Å². The lowest BCUT2D eigenvalue weighted by Gasteiger charge is -2.34. The van der Waals surface area contributed by atoms with Crippen LogP contribution < -0.4 is 5.32 Å². The van der Waals surface area contributed by atoms with Crippen LogP contribution in [0.25, 0.3) is 0 Å². The number of hydrogen-bond donors (Lipinski definition) is 1. The summed E-state index contributed by atoms with van der Waals surface area (Å²) >= 11 is 0. The number of hydrogen-bond acceptors (Lipinski definition) is 1. The standard InChI is InChI=1S/C20H33N/c1-3-5-6-7-8-9-13-18-16-15-17-12-10-11-14-19(17)20(18)21-4-2/h10-12,14,18,20-21H,3-9,13,15-16H2,1-2H3. The molecule has 2 atom stereocenters. The molecule has 1 heteroatoms. The number of aryl methyl sites for hydroxylation is 1. The summed E-state index contributed by atoms with van der Waals surface area (Å²) < 4.78 is 0. The molecule has 0 aromatic heterocycles. The molecule has 1 aromatic rings. The largest absolute Gasteiger partial charge is 0.310 e. The highest BCUT2D eigenvalue weighted by atomic mass is 14.9. The molecule has 118 valence electrons. The molecule has 2 rings (SSSR count). The highest BCUT2D eigenvalue weighted by Gasteiger charge is 2.27. The molecular formula is C20H33N. The first-order chi connectivity index (χ1) is 10.4. The Morgan fingerprint density at radius 2 is 1.76 bits per heavy atom. The first-order valence-corrected chi connectivity index (χ1v) is 9.18. The third-order valence-electron chi connectivity index (χ3n) is 5.00. The van der Waals surface area contributed by atoms with Gasteiger partial charge in [-0.1, -0.05) is 76.6 Å². The van der Waals surface area contributed by atoms with E-state index in [-0.39, 0.29) is 0 Å². The highest BCUT2D eigenvalue weighted by Crippen LogP contribution is 2.37. The Morgan fingerprint density at radius 3 is 2.57 bits per heavy atom. The van der Waals surface area contributed by atoms with Crippen LogP contribution in [0.4, 0.5) is 0 Å². The predicted octanol–water partition coefficient (Wildman–Crippen LogP) is 5.65. The summed E-state index contributed by atoms with van der Waals surface area (Å²) in [7, 11) is 0. The fourth-order valence-corrected chi connectivity index (χ4v) is 3.82. The molecule has 1 aromatic carbocycles. The van der Waals surface area contributed by atoms with Gasteiger partial charge in [-0.25, -0.2) is 0 Å². The normalized spacial score (nSPS) is 21.2. The molecule has 0 radical (unpaired) electrons. The van der Waals surface area contributed by atoms with E-state index in [1.54, 1.807) is 11.1 Å². The molecular weight excluding hydrogens is 254 g/mol. The van der Waals surface area contributed by atoms with E-state index in [4.69, 9.17) is 0 Å². The van der Waals surface area contributed by atoms with E-state index in [1.165, 1.54) is 57.8 Å². The summed E-state index contributed by atoms with van der Waals surface area (Å²) in [6.07, 6.45) is 12.5. The van der Waals surface area contributed by atoms with Crippen molar-refractivity contribution < 1.29 is 0 Å². The number of nitrogens with one attached hydrogen (secondary N) is 1. The van der Waals surface area contributed by atoms with Crippen LogP contribution in [0.5, 0.6) is 0 Å². The minimum Gasteiger partial charge on any atom is -0.310 e. The Bertz CT molecular complexity index is 399. The van der Waals surface area contributed by atoms with Crippen molar-refractivity contribution in [3.05, 3.63) is 35.4 Å². The Balaban J connectivity index is 1.85. The van der Waals surface area contributed by atoms with Crippen molar-refractivity contribution in [1.82, 2.24) is 5.32 Å². The minimum atomic E-state index is 0.593. The minimum absolute atomic E-state index is 0.593. The van der Waals surface area contributed by atoms with Crippen LogP contribution in [0, 0.1) is 5.92 Å². The Hall–Kier alpha value is -0.820. The van der Waals surface area contributed by atoms with Crippen molar-refractivity contribution in [2.24, 2.45) is 5.92 Å². The second-order valence-corrected chi connectivity index (χ2v) is 6.59. The number of unbranched alkanes of at least 4 members (excludes halogenated alkanes) is 5. The Labute approximate surface area is 131 Å². The van der Waals surface area contributed by atoms with Crippen molar-refractivity contribution in [3.8, 4) is 0 Å². The molecule has 2 unspecified atom stereocenters. The molecule has 0 spiro atoms. The van der Waals surface area contributed by atoms with Gasteiger partial charge in [0.05, 0.1) is 0 Å². The summed E-state index contributed by atoms with van der Waals surface area (Å²) in [5, 5.41) is 3.75. The lowest BCUT2D eigenvalue weighted by molar-refractivity contribution is 0.297. The highest BCUT2D eigenvalue weighted by molar-refractivity contribution is 5.33. The molecule has 1 N–H and O–H groups in total. The zero-order valence-corrected chi connectivity index (χ0v) is 14.0.